The number of anilines is 1. The highest BCUT2D eigenvalue weighted by molar-refractivity contribution is 9.10. The molecule has 1 aliphatic heterocycles. The number of para-hydroxylation sites is 1. The molecular formula is C21H25BrN2O2S. The molecule has 1 saturated heterocycles. The largest absolute Gasteiger partial charge is 0.366 e. The number of aryl methyl sites for hydroxylation is 1. The van der Waals surface area contributed by atoms with Crippen LogP contribution in [0.2, 0.25) is 0 Å². The molecule has 0 radical (unpaired) electrons. The highest BCUT2D eigenvalue weighted by Crippen LogP contribution is 2.30. The number of sulfonamides is 1. The minimum atomic E-state index is -3.28. The number of hydrogen-bond acceptors (Lipinski definition) is 3. The van der Waals surface area contributed by atoms with Gasteiger partial charge >= 0.3 is 0 Å². The van der Waals surface area contributed by atoms with Gasteiger partial charge in [0.1, 0.15) is 0 Å². The second-order valence-corrected chi connectivity index (χ2v) is 10.7. The van der Waals surface area contributed by atoms with Crippen LogP contribution < -0.4 is 4.90 Å². The Morgan fingerprint density at radius 2 is 1.81 bits per heavy atom. The van der Waals surface area contributed by atoms with Gasteiger partial charge in [-0.25, -0.2) is 8.42 Å². The molecule has 2 aromatic rings. The molecule has 1 heterocycles. The number of piperazine rings is 1. The predicted molar refractivity (Wildman–Crippen MR) is 114 cm³/mol. The summed E-state index contributed by atoms with van der Waals surface area (Å²) in [5, 5.41) is -0.304. The van der Waals surface area contributed by atoms with Crippen molar-refractivity contribution in [2.45, 2.75) is 37.5 Å². The summed E-state index contributed by atoms with van der Waals surface area (Å²) in [6, 6.07) is 16.6. The number of halogens is 1. The standard InChI is InChI=1S/C21H25BrN2O2S/c1-16-15-23(11-12-24(16)20-5-3-2-4-6-20)27(25,26)21-10-8-17-13-19(22)9-7-18(17)14-21/h2-7,9,13,16,21H,8,10-12,14-15H2,1H3. The highest BCUT2D eigenvalue weighted by atomic mass is 79.9. The van der Waals surface area contributed by atoms with Crippen LogP contribution in [-0.2, 0) is 22.9 Å². The number of benzene rings is 2. The summed E-state index contributed by atoms with van der Waals surface area (Å²) in [5.74, 6) is 0. The van der Waals surface area contributed by atoms with Gasteiger partial charge in [0, 0.05) is 35.8 Å². The summed E-state index contributed by atoms with van der Waals surface area (Å²) in [4.78, 5) is 2.31. The Kier molecular flexibility index (Phi) is 5.32. The lowest BCUT2D eigenvalue weighted by Gasteiger charge is -2.42. The SMILES string of the molecule is CC1CN(S(=O)(=O)C2CCc3cc(Br)ccc3C2)CCN1c1ccccc1. The van der Waals surface area contributed by atoms with Crippen LogP contribution in [0.1, 0.15) is 24.5 Å². The molecule has 0 spiro atoms. The Balaban J connectivity index is 1.48. The number of rotatable bonds is 3. The maximum atomic E-state index is 13.3. The van der Waals surface area contributed by atoms with E-state index in [0.29, 0.717) is 25.9 Å². The second-order valence-electron chi connectivity index (χ2n) is 7.56. The van der Waals surface area contributed by atoms with Gasteiger partial charge in [-0.3, -0.25) is 0 Å². The summed E-state index contributed by atoms with van der Waals surface area (Å²) >= 11 is 3.51. The van der Waals surface area contributed by atoms with Crippen LogP contribution in [0.15, 0.2) is 53.0 Å². The van der Waals surface area contributed by atoms with Gasteiger partial charge in [-0.1, -0.05) is 40.2 Å². The van der Waals surface area contributed by atoms with Crippen molar-refractivity contribution in [3.8, 4) is 0 Å². The van der Waals surface area contributed by atoms with E-state index >= 15 is 0 Å². The lowest BCUT2D eigenvalue weighted by molar-refractivity contribution is 0.336. The van der Waals surface area contributed by atoms with E-state index < -0.39 is 10.0 Å². The van der Waals surface area contributed by atoms with Crippen LogP contribution in [-0.4, -0.2) is 43.6 Å². The van der Waals surface area contributed by atoms with Crippen molar-refractivity contribution < 1.29 is 8.42 Å². The normalized spacial score (nSPS) is 23.9. The molecule has 6 heteroatoms. The first-order valence-corrected chi connectivity index (χ1v) is 11.8. The van der Waals surface area contributed by atoms with Gasteiger partial charge in [0.15, 0.2) is 0 Å². The molecule has 1 fully saturated rings. The van der Waals surface area contributed by atoms with Crippen LogP contribution in [0.3, 0.4) is 0 Å². The van der Waals surface area contributed by atoms with Gasteiger partial charge in [0.2, 0.25) is 10.0 Å². The van der Waals surface area contributed by atoms with Crippen LogP contribution in [0, 0.1) is 0 Å². The lowest BCUT2D eigenvalue weighted by atomic mass is 9.91. The van der Waals surface area contributed by atoms with Crippen molar-refractivity contribution in [2.24, 2.45) is 0 Å². The quantitative estimate of drug-likeness (QED) is 0.715. The third kappa shape index (κ3) is 3.80. The van der Waals surface area contributed by atoms with Crippen molar-refractivity contribution in [3.63, 3.8) is 0 Å². The predicted octanol–water partition coefficient (Wildman–Crippen LogP) is 3.85. The number of hydrogen-bond donors (Lipinski definition) is 0. The number of fused-ring (bicyclic) bond motifs is 1. The van der Waals surface area contributed by atoms with E-state index in [1.54, 1.807) is 4.31 Å². The molecule has 144 valence electrons. The van der Waals surface area contributed by atoms with Crippen LogP contribution in [0.5, 0.6) is 0 Å². The fourth-order valence-electron chi connectivity index (χ4n) is 4.31. The molecule has 0 saturated carbocycles. The van der Waals surface area contributed by atoms with E-state index in [1.807, 2.05) is 24.3 Å². The molecule has 0 N–H and O–H groups in total. The summed E-state index contributed by atoms with van der Waals surface area (Å²) in [6.45, 7) is 3.97. The molecule has 4 rings (SSSR count). The van der Waals surface area contributed by atoms with Gasteiger partial charge in [-0.2, -0.15) is 4.31 Å². The van der Waals surface area contributed by atoms with Crippen molar-refractivity contribution in [1.82, 2.24) is 4.31 Å². The number of nitrogens with zero attached hydrogens (tertiary/aromatic N) is 2. The second kappa shape index (κ2) is 7.57. The van der Waals surface area contributed by atoms with E-state index in [2.05, 4.69) is 52.0 Å². The van der Waals surface area contributed by atoms with Crippen molar-refractivity contribution in [2.75, 3.05) is 24.5 Å². The van der Waals surface area contributed by atoms with Crippen molar-refractivity contribution in [3.05, 3.63) is 64.1 Å². The van der Waals surface area contributed by atoms with E-state index in [0.717, 1.165) is 17.4 Å². The van der Waals surface area contributed by atoms with Gasteiger partial charge in [-0.05, 0) is 61.6 Å². The Bertz CT molecular complexity index is 917. The maximum absolute atomic E-state index is 13.3. The Morgan fingerprint density at radius 3 is 2.56 bits per heavy atom. The lowest BCUT2D eigenvalue weighted by Crippen LogP contribution is -2.55. The van der Waals surface area contributed by atoms with Crippen LogP contribution >= 0.6 is 15.9 Å². The minimum absolute atomic E-state index is 0.169. The van der Waals surface area contributed by atoms with Crippen LogP contribution in [0.25, 0.3) is 0 Å². The maximum Gasteiger partial charge on any atom is 0.217 e. The fraction of sp³-hybridized carbons (Fsp3) is 0.429. The average Bonchev–Trinajstić information content (AvgIpc) is 2.68. The zero-order valence-corrected chi connectivity index (χ0v) is 17.9. The van der Waals surface area contributed by atoms with Crippen LogP contribution in [0.4, 0.5) is 5.69 Å². The van der Waals surface area contributed by atoms with E-state index in [-0.39, 0.29) is 11.3 Å². The highest BCUT2D eigenvalue weighted by Gasteiger charge is 2.38. The topological polar surface area (TPSA) is 40.6 Å². The van der Waals surface area contributed by atoms with E-state index in [9.17, 15) is 8.42 Å². The minimum Gasteiger partial charge on any atom is -0.366 e. The summed E-state index contributed by atoms with van der Waals surface area (Å²) < 4.78 is 29.4. The molecule has 2 aliphatic rings. The van der Waals surface area contributed by atoms with Gasteiger partial charge in [0.05, 0.1) is 5.25 Å². The molecule has 27 heavy (non-hydrogen) atoms. The first-order chi connectivity index (χ1) is 12.9. The van der Waals surface area contributed by atoms with Crippen molar-refractivity contribution in [1.29, 1.82) is 0 Å². The Hall–Kier alpha value is -1.37. The molecule has 2 unspecified atom stereocenters. The van der Waals surface area contributed by atoms with E-state index in [4.69, 9.17) is 0 Å². The first-order valence-electron chi connectivity index (χ1n) is 9.53. The zero-order chi connectivity index (χ0) is 19.0. The van der Waals surface area contributed by atoms with Gasteiger partial charge in [-0.15, -0.1) is 0 Å². The molecule has 2 aromatic carbocycles. The Labute approximate surface area is 170 Å². The third-order valence-corrected chi connectivity index (χ3v) is 8.60. The van der Waals surface area contributed by atoms with Gasteiger partial charge < -0.3 is 4.90 Å². The monoisotopic (exact) mass is 448 g/mol. The van der Waals surface area contributed by atoms with E-state index in [1.165, 1.54) is 16.8 Å². The molecule has 0 amide bonds. The molecule has 0 bridgehead atoms. The third-order valence-electron chi connectivity index (χ3n) is 5.81. The zero-order valence-electron chi connectivity index (χ0n) is 15.5. The summed E-state index contributed by atoms with van der Waals surface area (Å²) in [5.41, 5.74) is 3.62. The molecule has 1 aliphatic carbocycles. The van der Waals surface area contributed by atoms with Crippen molar-refractivity contribution >= 4 is 31.6 Å². The smallest absolute Gasteiger partial charge is 0.217 e. The summed E-state index contributed by atoms with van der Waals surface area (Å²) in [7, 11) is -3.28. The molecular weight excluding hydrogens is 424 g/mol. The molecule has 2 atom stereocenters. The van der Waals surface area contributed by atoms with Gasteiger partial charge in [0.25, 0.3) is 0 Å². The average molecular weight is 449 g/mol. The fourth-order valence-corrected chi connectivity index (χ4v) is 6.71. The first kappa shape index (κ1) is 19.0. The summed E-state index contributed by atoms with van der Waals surface area (Å²) in [6.07, 6.45) is 2.16. The Morgan fingerprint density at radius 1 is 1.04 bits per heavy atom. The molecule has 4 nitrogen and oxygen atoms in total. The molecule has 0 aromatic heterocycles.